The SMILES string of the molecule is CC(C)=O.NC(=S)NNC(=O)O. The zero-order chi connectivity index (χ0) is 10.1. The molecule has 0 aromatic rings. The van der Waals surface area contributed by atoms with Crippen molar-refractivity contribution in [3.05, 3.63) is 0 Å². The van der Waals surface area contributed by atoms with Gasteiger partial charge in [0.15, 0.2) is 5.11 Å². The van der Waals surface area contributed by atoms with Gasteiger partial charge in [-0.15, -0.1) is 0 Å². The summed E-state index contributed by atoms with van der Waals surface area (Å²) in [6.07, 6.45) is -1.22. The number of hydrazine groups is 1. The van der Waals surface area contributed by atoms with E-state index in [2.05, 4.69) is 12.2 Å². The highest BCUT2D eigenvalue weighted by Crippen LogP contribution is 1.53. The fourth-order valence-electron chi connectivity index (χ4n) is 0.115. The van der Waals surface area contributed by atoms with Crippen LogP contribution in [0.4, 0.5) is 4.79 Å². The topological polar surface area (TPSA) is 104 Å². The molecule has 0 atom stereocenters. The monoisotopic (exact) mass is 193 g/mol. The number of ketones is 1. The van der Waals surface area contributed by atoms with E-state index < -0.39 is 6.09 Å². The van der Waals surface area contributed by atoms with E-state index in [-0.39, 0.29) is 10.9 Å². The van der Waals surface area contributed by atoms with Gasteiger partial charge in [0.1, 0.15) is 5.78 Å². The van der Waals surface area contributed by atoms with Gasteiger partial charge in [-0.3, -0.25) is 5.43 Å². The fraction of sp³-hybridized carbons (Fsp3) is 0.400. The number of thiocarbonyl (C=S) groups is 1. The molecule has 0 aromatic heterocycles. The third kappa shape index (κ3) is 38.1. The highest BCUT2D eigenvalue weighted by Gasteiger charge is 1.89. The molecule has 0 heterocycles. The van der Waals surface area contributed by atoms with Crippen molar-refractivity contribution >= 4 is 29.2 Å². The van der Waals surface area contributed by atoms with E-state index in [4.69, 9.17) is 10.8 Å². The summed E-state index contributed by atoms with van der Waals surface area (Å²) < 4.78 is 0. The Morgan fingerprint density at radius 3 is 1.75 bits per heavy atom. The second-order valence-corrected chi connectivity index (χ2v) is 2.27. The molecule has 0 saturated heterocycles. The molecule has 0 fully saturated rings. The number of nitrogens with one attached hydrogen (secondary N) is 2. The van der Waals surface area contributed by atoms with Gasteiger partial charge in [0.2, 0.25) is 0 Å². The molecule has 0 aliphatic carbocycles. The van der Waals surface area contributed by atoms with Gasteiger partial charge in [0.25, 0.3) is 0 Å². The van der Waals surface area contributed by atoms with Gasteiger partial charge in [-0.2, -0.15) is 0 Å². The number of Topliss-reactive ketones (excluding diaryl/α,β-unsaturated/α-hetero) is 1. The number of hydrogen-bond acceptors (Lipinski definition) is 3. The van der Waals surface area contributed by atoms with Crippen LogP contribution in [0.5, 0.6) is 0 Å². The van der Waals surface area contributed by atoms with E-state index in [9.17, 15) is 9.59 Å². The van der Waals surface area contributed by atoms with Crippen molar-refractivity contribution in [2.45, 2.75) is 13.8 Å². The summed E-state index contributed by atoms with van der Waals surface area (Å²) in [5.74, 6) is 0.167. The lowest BCUT2D eigenvalue weighted by atomic mass is 10.6. The third-order valence-electron chi connectivity index (χ3n) is 0.293. The van der Waals surface area contributed by atoms with Crippen LogP contribution in [0.15, 0.2) is 0 Å². The zero-order valence-corrected chi connectivity index (χ0v) is 7.57. The molecule has 1 amide bonds. The summed E-state index contributed by atoms with van der Waals surface area (Å²) in [5.41, 5.74) is 8.59. The molecule has 0 aliphatic heterocycles. The van der Waals surface area contributed by atoms with Crippen molar-refractivity contribution in [3.63, 3.8) is 0 Å². The summed E-state index contributed by atoms with van der Waals surface area (Å²) in [7, 11) is 0. The molecule has 12 heavy (non-hydrogen) atoms. The average Bonchev–Trinajstić information content (AvgIpc) is 1.82. The molecule has 0 aromatic carbocycles. The van der Waals surface area contributed by atoms with Crippen molar-refractivity contribution in [3.8, 4) is 0 Å². The minimum absolute atomic E-state index is 0.104. The van der Waals surface area contributed by atoms with Gasteiger partial charge in [-0.05, 0) is 26.1 Å². The van der Waals surface area contributed by atoms with E-state index in [0.717, 1.165) is 0 Å². The standard InChI is InChI=1S/C3H6O.C2H5N3O2S/c1-3(2)4;3-1(8)4-5-2(6)7/h1-2H3;5H,(H,6,7)(H3,3,4,8). The summed E-state index contributed by atoms with van der Waals surface area (Å²) >= 11 is 4.25. The maximum Gasteiger partial charge on any atom is 0.423 e. The summed E-state index contributed by atoms with van der Waals surface area (Å²) in [4.78, 5) is 19.1. The lowest BCUT2D eigenvalue weighted by Crippen LogP contribution is -2.43. The quantitative estimate of drug-likeness (QED) is 0.308. The molecule has 0 radical (unpaired) electrons. The largest absolute Gasteiger partial charge is 0.464 e. The zero-order valence-electron chi connectivity index (χ0n) is 6.75. The Morgan fingerprint density at radius 2 is 1.67 bits per heavy atom. The molecule has 5 N–H and O–H groups in total. The van der Waals surface area contributed by atoms with Crippen LogP contribution in [0.2, 0.25) is 0 Å². The molecule has 70 valence electrons. The molecule has 0 bridgehead atoms. The van der Waals surface area contributed by atoms with Crippen molar-refractivity contribution < 1.29 is 14.7 Å². The second-order valence-electron chi connectivity index (χ2n) is 1.83. The average molecular weight is 193 g/mol. The number of carbonyl (C=O) groups is 2. The van der Waals surface area contributed by atoms with Gasteiger partial charge in [-0.25, -0.2) is 10.2 Å². The van der Waals surface area contributed by atoms with E-state index in [1.165, 1.54) is 13.8 Å². The van der Waals surface area contributed by atoms with Crippen LogP contribution in [-0.4, -0.2) is 22.1 Å². The van der Waals surface area contributed by atoms with E-state index in [0.29, 0.717) is 0 Å². The molecule has 7 heteroatoms. The van der Waals surface area contributed by atoms with Gasteiger partial charge >= 0.3 is 6.09 Å². The number of carboxylic acid groups (broad SMARTS) is 1. The van der Waals surface area contributed by atoms with Crippen molar-refractivity contribution in [2.75, 3.05) is 0 Å². The van der Waals surface area contributed by atoms with Crippen LogP contribution in [-0.2, 0) is 4.79 Å². The number of carbonyl (C=O) groups excluding carboxylic acids is 1. The highest BCUT2D eigenvalue weighted by molar-refractivity contribution is 7.80. The lowest BCUT2D eigenvalue weighted by molar-refractivity contribution is -0.114. The van der Waals surface area contributed by atoms with E-state index >= 15 is 0 Å². The second kappa shape index (κ2) is 7.73. The summed E-state index contributed by atoms with van der Waals surface area (Å²) in [6.45, 7) is 3.06. The molecular formula is C5H11N3O3S. The molecule has 6 nitrogen and oxygen atoms in total. The molecule has 0 spiro atoms. The fourth-order valence-corrected chi connectivity index (χ4v) is 0.166. The van der Waals surface area contributed by atoms with Crippen LogP contribution >= 0.6 is 12.2 Å². The smallest absolute Gasteiger partial charge is 0.423 e. The Bertz CT molecular complexity index is 165. The number of amides is 1. The number of hydrogen-bond donors (Lipinski definition) is 4. The van der Waals surface area contributed by atoms with Crippen molar-refractivity contribution in [1.82, 2.24) is 10.9 Å². The maximum absolute atomic E-state index is 9.61. The minimum Gasteiger partial charge on any atom is -0.464 e. The van der Waals surface area contributed by atoms with Crippen molar-refractivity contribution in [1.29, 1.82) is 0 Å². The summed E-state index contributed by atoms with van der Waals surface area (Å²) in [5, 5.41) is 7.77. The van der Waals surface area contributed by atoms with Gasteiger partial charge in [-0.1, -0.05) is 0 Å². The molecular weight excluding hydrogens is 182 g/mol. The van der Waals surface area contributed by atoms with Gasteiger partial charge < -0.3 is 15.6 Å². The molecule has 0 rings (SSSR count). The van der Waals surface area contributed by atoms with Gasteiger partial charge in [0.05, 0.1) is 0 Å². The third-order valence-corrected chi connectivity index (χ3v) is 0.395. The van der Waals surface area contributed by atoms with Crippen LogP contribution in [0, 0.1) is 0 Å². The van der Waals surface area contributed by atoms with Crippen LogP contribution in [0.1, 0.15) is 13.8 Å². The predicted octanol–water partition coefficient (Wildman–Crippen LogP) is -0.402. The van der Waals surface area contributed by atoms with E-state index in [1.54, 1.807) is 5.43 Å². The first-order chi connectivity index (χ1) is 5.36. The number of nitrogens with two attached hydrogens (primary N) is 1. The first-order valence-electron chi connectivity index (χ1n) is 2.87. The molecule has 0 unspecified atom stereocenters. The van der Waals surface area contributed by atoms with Crippen LogP contribution in [0.3, 0.4) is 0 Å². The van der Waals surface area contributed by atoms with E-state index in [1.807, 2.05) is 5.43 Å². The van der Waals surface area contributed by atoms with Crippen LogP contribution in [0.25, 0.3) is 0 Å². The Labute approximate surface area is 75.1 Å². The first kappa shape index (κ1) is 13.2. The normalized spacial score (nSPS) is 7.17. The predicted molar refractivity (Wildman–Crippen MR) is 47.4 cm³/mol. The van der Waals surface area contributed by atoms with Crippen molar-refractivity contribution in [2.24, 2.45) is 5.73 Å². The summed E-state index contributed by atoms with van der Waals surface area (Å²) in [6, 6.07) is 0. The minimum atomic E-state index is -1.22. The lowest BCUT2D eigenvalue weighted by Gasteiger charge is -1.98. The van der Waals surface area contributed by atoms with Gasteiger partial charge in [0, 0.05) is 0 Å². The number of rotatable bonds is 0. The molecule has 0 saturated carbocycles. The Kier molecular flexibility index (Phi) is 8.53. The highest BCUT2D eigenvalue weighted by atomic mass is 32.1. The molecule has 0 aliphatic rings. The first-order valence-corrected chi connectivity index (χ1v) is 3.28. The maximum atomic E-state index is 9.61. The Balaban J connectivity index is 0. The van der Waals surface area contributed by atoms with Crippen LogP contribution < -0.4 is 16.6 Å². The Morgan fingerprint density at radius 1 is 1.33 bits per heavy atom. The Hall–Kier alpha value is -1.37.